The van der Waals surface area contributed by atoms with Crippen molar-refractivity contribution >= 4 is 60.8 Å². The Kier molecular flexibility index (Phi) is 7.82. The van der Waals surface area contributed by atoms with E-state index in [1.807, 2.05) is 6.07 Å². The first kappa shape index (κ1) is 32.8. The Balaban J connectivity index is 1.09. The first-order chi connectivity index (χ1) is 28.3. The molecule has 0 amide bonds. The van der Waals surface area contributed by atoms with Crippen molar-refractivity contribution in [2.24, 2.45) is 0 Å². The normalized spacial score (nSPS) is 11.5. The Morgan fingerprint density at radius 1 is 0.333 bits per heavy atom. The van der Waals surface area contributed by atoms with Gasteiger partial charge in [-0.15, -0.1) is 0 Å². The Morgan fingerprint density at radius 2 is 0.877 bits per heavy atom. The molecule has 0 aliphatic carbocycles. The lowest BCUT2D eigenvalue weighted by molar-refractivity contribution is 0.670. The number of hydrogen-bond acceptors (Lipinski definition) is 2. The van der Waals surface area contributed by atoms with Crippen LogP contribution >= 0.6 is 0 Å². The molecule has 0 atom stereocenters. The Bertz CT molecular complexity index is 3180. The molecular weight excluding hydrogens is 693 g/mol. The zero-order chi connectivity index (χ0) is 37.7. The van der Waals surface area contributed by atoms with Crippen LogP contribution in [-0.4, -0.2) is 4.57 Å². The highest BCUT2D eigenvalue weighted by molar-refractivity contribution is 6.12. The summed E-state index contributed by atoms with van der Waals surface area (Å²) in [5, 5.41) is 4.71. The fourth-order valence-electron chi connectivity index (χ4n) is 8.50. The average Bonchev–Trinajstić information content (AvgIpc) is 3.83. The van der Waals surface area contributed by atoms with Gasteiger partial charge < -0.3 is 13.9 Å². The lowest BCUT2D eigenvalue weighted by Crippen LogP contribution is -2.09. The van der Waals surface area contributed by atoms with E-state index in [1.165, 1.54) is 21.8 Å². The van der Waals surface area contributed by atoms with Gasteiger partial charge >= 0.3 is 0 Å². The Morgan fingerprint density at radius 3 is 1.61 bits per heavy atom. The molecule has 0 aliphatic heterocycles. The fraction of sp³-hybridized carbons (Fsp3) is 0. The summed E-state index contributed by atoms with van der Waals surface area (Å²) in [6.07, 6.45) is 0. The molecule has 3 nitrogen and oxygen atoms in total. The first-order valence-electron chi connectivity index (χ1n) is 19.4. The van der Waals surface area contributed by atoms with Crippen LogP contribution in [0.15, 0.2) is 223 Å². The van der Waals surface area contributed by atoms with E-state index in [4.69, 9.17) is 4.42 Å². The van der Waals surface area contributed by atoms with Crippen LogP contribution in [0.25, 0.3) is 82.8 Å². The molecule has 0 saturated heterocycles. The third-order valence-corrected chi connectivity index (χ3v) is 11.2. The van der Waals surface area contributed by atoms with Gasteiger partial charge in [-0.05, 0) is 119 Å². The SMILES string of the molecule is c1ccc(N(c2ccccc2)c2ccc(-c3cc(-c4ccc5c(c4)c4ccccc4n5-c4ccccc4)cc(-c4cccc5c4oc4ccccc45)c3)cc2)cc1. The summed E-state index contributed by atoms with van der Waals surface area (Å²) < 4.78 is 8.97. The van der Waals surface area contributed by atoms with Crippen molar-refractivity contribution in [1.29, 1.82) is 0 Å². The quantitative estimate of drug-likeness (QED) is 0.163. The van der Waals surface area contributed by atoms with Crippen LogP contribution in [0.1, 0.15) is 0 Å². The predicted octanol–water partition coefficient (Wildman–Crippen LogP) is 15.2. The van der Waals surface area contributed by atoms with Gasteiger partial charge in [0.1, 0.15) is 11.2 Å². The van der Waals surface area contributed by atoms with E-state index in [2.05, 4.69) is 222 Å². The molecule has 2 aromatic heterocycles. The highest BCUT2D eigenvalue weighted by Crippen LogP contribution is 2.42. The molecule has 268 valence electrons. The summed E-state index contributed by atoms with van der Waals surface area (Å²) in [5.41, 5.74) is 15.4. The smallest absolute Gasteiger partial charge is 0.143 e. The van der Waals surface area contributed by atoms with Crippen LogP contribution in [0.2, 0.25) is 0 Å². The van der Waals surface area contributed by atoms with Crippen molar-refractivity contribution in [3.05, 3.63) is 218 Å². The molecule has 0 radical (unpaired) electrons. The summed E-state index contributed by atoms with van der Waals surface area (Å²) >= 11 is 0. The van der Waals surface area contributed by atoms with Crippen molar-refractivity contribution in [3.63, 3.8) is 0 Å². The van der Waals surface area contributed by atoms with Gasteiger partial charge in [0, 0.05) is 49.9 Å². The van der Waals surface area contributed by atoms with Crippen LogP contribution in [0.3, 0.4) is 0 Å². The van der Waals surface area contributed by atoms with E-state index in [9.17, 15) is 0 Å². The van der Waals surface area contributed by atoms with Gasteiger partial charge in [-0.25, -0.2) is 0 Å². The second kappa shape index (κ2) is 13.6. The van der Waals surface area contributed by atoms with E-state index in [0.717, 1.165) is 78.1 Å². The second-order valence-corrected chi connectivity index (χ2v) is 14.6. The van der Waals surface area contributed by atoms with Gasteiger partial charge in [-0.3, -0.25) is 0 Å². The molecule has 57 heavy (non-hydrogen) atoms. The maximum Gasteiger partial charge on any atom is 0.143 e. The number of benzene rings is 9. The van der Waals surface area contributed by atoms with Crippen LogP contribution < -0.4 is 4.90 Å². The number of para-hydroxylation sites is 6. The van der Waals surface area contributed by atoms with E-state index in [0.29, 0.717) is 0 Å². The number of anilines is 3. The number of furan rings is 1. The highest BCUT2D eigenvalue weighted by atomic mass is 16.3. The van der Waals surface area contributed by atoms with Gasteiger partial charge in [0.25, 0.3) is 0 Å². The molecule has 0 N–H and O–H groups in total. The average molecular weight is 729 g/mol. The van der Waals surface area contributed by atoms with Crippen molar-refractivity contribution in [3.8, 4) is 39.1 Å². The standard InChI is InChI=1S/C54H36N2O/c1-4-15-42(16-5-1)55(43-17-6-2-7-18-43)45-30-27-37(28-31-45)39-33-40(35-41(34-39)46-23-14-24-49-48-22-11-13-26-53(48)57-54(46)49)38-29-32-52-50(36-38)47-21-10-12-25-51(47)56(52)44-19-8-3-9-20-44/h1-36H. The van der Waals surface area contributed by atoms with Crippen LogP contribution in [0, 0.1) is 0 Å². The molecule has 11 aromatic rings. The molecule has 0 aliphatic rings. The maximum atomic E-state index is 6.60. The van der Waals surface area contributed by atoms with Crippen molar-refractivity contribution in [2.75, 3.05) is 4.90 Å². The van der Waals surface area contributed by atoms with E-state index in [-0.39, 0.29) is 0 Å². The van der Waals surface area contributed by atoms with E-state index in [1.54, 1.807) is 0 Å². The second-order valence-electron chi connectivity index (χ2n) is 14.6. The largest absolute Gasteiger partial charge is 0.455 e. The van der Waals surface area contributed by atoms with Crippen molar-refractivity contribution in [2.45, 2.75) is 0 Å². The molecule has 0 bridgehead atoms. The fourth-order valence-corrected chi connectivity index (χ4v) is 8.50. The minimum Gasteiger partial charge on any atom is -0.455 e. The van der Waals surface area contributed by atoms with Gasteiger partial charge in [-0.2, -0.15) is 0 Å². The van der Waals surface area contributed by atoms with Gasteiger partial charge in [0.15, 0.2) is 0 Å². The first-order valence-corrected chi connectivity index (χ1v) is 19.4. The minimum absolute atomic E-state index is 0.897. The van der Waals surface area contributed by atoms with Crippen LogP contribution in [0.4, 0.5) is 17.1 Å². The molecule has 0 fully saturated rings. The lowest BCUT2D eigenvalue weighted by atomic mass is 9.92. The van der Waals surface area contributed by atoms with Gasteiger partial charge in [-0.1, -0.05) is 127 Å². The molecule has 0 saturated carbocycles. The number of nitrogens with zero attached hydrogens (tertiary/aromatic N) is 2. The number of rotatable bonds is 7. The Hall–Kier alpha value is -7.62. The van der Waals surface area contributed by atoms with E-state index < -0.39 is 0 Å². The lowest BCUT2D eigenvalue weighted by Gasteiger charge is -2.25. The Labute approximate surface area is 330 Å². The van der Waals surface area contributed by atoms with Gasteiger partial charge in [0.2, 0.25) is 0 Å². The summed E-state index contributed by atoms with van der Waals surface area (Å²) in [6, 6.07) is 78.1. The zero-order valence-corrected chi connectivity index (χ0v) is 31.1. The van der Waals surface area contributed by atoms with Crippen LogP contribution in [0.5, 0.6) is 0 Å². The monoisotopic (exact) mass is 728 g/mol. The third kappa shape index (κ3) is 5.68. The maximum absolute atomic E-state index is 6.60. The number of aromatic nitrogens is 1. The molecule has 0 spiro atoms. The summed E-state index contributed by atoms with van der Waals surface area (Å²) in [7, 11) is 0. The zero-order valence-electron chi connectivity index (χ0n) is 31.1. The summed E-state index contributed by atoms with van der Waals surface area (Å²) in [6.45, 7) is 0. The highest BCUT2D eigenvalue weighted by Gasteiger charge is 2.18. The summed E-state index contributed by atoms with van der Waals surface area (Å²) in [5.74, 6) is 0. The molecule has 2 heterocycles. The van der Waals surface area contributed by atoms with Crippen molar-refractivity contribution in [1.82, 2.24) is 4.57 Å². The van der Waals surface area contributed by atoms with Gasteiger partial charge in [0.05, 0.1) is 11.0 Å². The molecule has 3 heteroatoms. The molecule has 0 unspecified atom stereocenters. The predicted molar refractivity (Wildman–Crippen MR) is 239 cm³/mol. The summed E-state index contributed by atoms with van der Waals surface area (Å²) in [4.78, 5) is 2.30. The molecular formula is C54H36N2O. The van der Waals surface area contributed by atoms with Crippen LogP contribution in [-0.2, 0) is 0 Å². The topological polar surface area (TPSA) is 21.3 Å². The van der Waals surface area contributed by atoms with E-state index >= 15 is 0 Å². The molecule has 9 aromatic carbocycles. The molecule has 11 rings (SSSR count). The van der Waals surface area contributed by atoms with Crippen molar-refractivity contribution < 1.29 is 4.42 Å². The minimum atomic E-state index is 0.897. The number of fused-ring (bicyclic) bond motifs is 6. The third-order valence-electron chi connectivity index (χ3n) is 11.2. The number of hydrogen-bond donors (Lipinski definition) is 0.